The van der Waals surface area contributed by atoms with Gasteiger partial charge in [-0.3, -0.25) is 4.90 Å². The van der Waals surface area contributed by atoms with Crippen LogP contribution in [-0.4, -0.2) is 38.3 Å². The molecule has 0 spiro atoms. The fraction of sp³-hybridized carbons (Fsp3) is 0.562. The van der Waals surface area contributed by atoms with Gasteiger partial charge >= 0.3 is 0 Å². The van der Waals surface area contributed by atoms with Crippen molar-refractivity contribution in [1.29, 1.82) is 5.26 Å². The molecule has 1 aromatic carbocycles. The summed E-state index contributed by atoms with van der Waals surface area (Å²) in [6.45, 7) is 5.44. The number of methoxy groups -OCH3 is 1. The summed E-state index contributed by atoms with van der Waals surface area (Å²) in [7, 11) is 1.66. The van der Waals surface area contributed by atoms with E-state index in [1.165, 1.54) is 0 Å². The van der Waals surface area contributed by atoms with Gasteiger partial charge in [-0.1, -0.05) is 6.07 Å². The van der Waals surface area contributed by atoms with Crippen molar-refractivity contribution in [3.05, 3.63) is 23.8 Å². The number of nitrogens with zero attached hydrogens (tertiary/aromatic N) is 2. The number of rotatable bonds is 5. The summed E-state index contributed by atoms with van der Waals surface area (Å²) < 4.78 is 11.1. The Labute approximate surface area is 120 Å². The molecule has 1 atom stereocenters. The summed E-state index contributed by atoms with van der Waals surface area (Å²) in [5.41, 5.74) is 1.15. The molecule has 108 valence electrons. The molecular formula is C16H22N2O2. The third-order valence-electron chi connectivity index (χ3n) is 3.67. The maximum Gasteiger partial charge on any atom is 0.161 e. The van der Waals surface area contributed by atoms with Crippen molar-refractivity contribution in [2.45, 2.75) is 19.8 Å². The summed E-state index contributed by atoms with van der Waals surface area (Å²) >= 11 is 0. The number of aryl methyl sites for hydroxylation is 1. The van der Waals surface area contributed by atoms with Gasteiger partial charge < -0.3 is 9.47 Å². The summed E-state index contributed by atoms with van der Waals surface area (Å²) in [5, 5.41) is 8.98. The number of hydrogen-bond acceptors (Lipinski definition) is 4. The van der Waals surface area contributed by atoms with Crippen molar-refractivity contribution in [2.75, 3.05) is 33.4 Å². The molecule has 1 aromatic rings. The molecule has 4 nitrogen and oxygen atoms in total. The van der Waals surface area contributed by atoms with E-state index >= 15 is 0 Å². The molecule has 1 saturated heterocycles. The SMILES string of the molecule is COc1cc(C)ccc1OCCN1CCC[C@H](C#N)C1. The molecule has 1 heterocycles. The van der Waals surface area contributed by atoms with E-state index < -0.39 is 0 Å². The van der Waals surface area contributed by atoms with Gasteiger partial charge in [0.05, 0.1) is 19.1 Å². The number of hydrogen-bond donors (Lipinski definition) is 0. The highest BCUT2D eigenvalue weighted by atomic mass is 16.5. The Bertz CT molecular complexity index is 482. The van der Waals surface area contributed by atoms with Gasteiger partial charge in [0.2, 0.25) is 0 Å². The third-order valence-corrected chi connectivity index (χ3v) is 3.67. The lowest BCUT2D eigenvalue weighted by molar-refractivity contribution is 0.162. The van der Waals surface area contributed by atoms with E-state index in [0.29, 0.717) is 6.61 Å². The molecule has 0 amide bonds. The van der Waals surface area contributed by atoms with Crippen molar-refractivity contribution in [3.8, 4) is 17.6 Å². The lowest BCUT2D eigenvalue weighted by Gasteiger charge is -2.29. The Morgan fingerprint density at radius 1 is 1.40 bits per heavy atom. The number of benzene rings is 1. The first-order valence-corrected chi connectivity index (χ1v) is 7.12. The Morgan fingerprint density at radius 2 is 2.25 bits per heavy atom. The normalized spacial score (nSPS) is 19.4. The second-order valence-electron chi connectivity index (χ2n) is 5.27. The van der Waals surface area contributed by atoms with E-state index in [0.717, 1.165) is 49.5 Å². The van der Waals surface area contributed by atoms with Crippen molar-refractivity contribution >= 4 is 0 Å². The molecule has 0 bridgehead atoms. The molecule has 20 heavy (non-hydrogen) atoms. The molecule has 0 unspecified atom stereocenters. The number of likely N-dealkylation sites (tertiary alicyclic amines) is 1. The van der Waals surface area contributed by atoms with Crippen molar-refractivity contribution in [1.82, 2.24) is 4.90 Å². The van der Waals surface area contributed by atoms with Crippen LogP contribution < -0.4 is 9.47 Å². The average Bonchev–Trinajstić information content (AvgIpc) is 2.49. The molecule has 1 fully saturated rings. The lowest BCUT2D eigenvalue weighted by atomic mass is 10.00. The van der Waals surface area contributed by atoms with Crippen LogP contribution in [-0.2, 0) is 0 Å². The molecule has 0 radical (unpaired) electrons. The average molecular weight is 274 g/mol. The summed E-state index contributed by atoms with van der Waals surface area (Å²) in [6.07, 6.45) is 2.13. The van der Waals surface area contributed by atoms with Gasteiger partial charge in [0.25, 0.3) is 0 Å². The van der Waals surface area contributed by atoms with Gasteiger partial charge in [0.1, 0.15) is 6.61 Å². The molecular weight excluding hydrogens is 252 g/mol. The zero-order chi connectivity index (χ0) is 14.4. The van der Waals surface area contributed by atoms with Gasteiger partial charge in [-0.25, -0.2) is 0 Å². The van der Waals surface area contributed by atoms with E-state index in [-0.39, 0.29) is 5.92 Å². The van der Waals surface area contributed by atoms with E-state index in [1.54, 1.807) is 7.11 Å². The van der Waals surface area contributed by atoms with Crippen LogP contribution in [0.25, 0.3) is 0 Å². The van der Waals surface area contributed by atoms with Crippen molar-refractivity contribution in [2.24, 2.45) is 5.92 Å². The second kappa shape index (κ2) is 7.16. The minimum atomic E-state index is 0.178. The molecule has 0 aliphatic carbocycles. The first-order chi connectivity index (χ1) is 9.72. The Kier molecular flexibility index (Phi) is 5.25. The Balaban J connectivity index is 1.82. The first-order valence-electron chi connectivity index (χ1n) is 7.12. The quantitative estimate of drug-likeness (QED) is 0.828. The standard InChI is InChI=1S/C16H22N2O2/c1-13-5-6-15(16(10-13)19-2)20-9-8-18-7-3-4-14(11-17)12-18/h5-6,10,14H,3-4,7-9,12H2,1-2H3/t14-/m1/s1. The Hall–Kier alpha value is -1.73. The maximum absolute atomic E-state index is 8.98. The van der Waals surface area contributed by atoms with Crippen LogP contribution in [0, 0.1) is 24.2 Å². The minimum Gasteiger partial charge on any atom is -0.493 e. The zero-order valence-electron chi connectivity index (χ0n) is 12.3. The van der Waals surface area contributed by atoms with Gasteiger partial charge in [-0.05, 0) is 44.0 Å². The molecule has 4 heteroatoms. The number of nitriles is 1. The number of ether oxygens (including phenoxy) is 2. The highest BCUT2D eigenvalue weighted by Gasteiger charge is 2.19. The topological polar surface area (TPSA) is 45.5 Å². The highest BCUT2D eigenvalue weighted by molar-refractivity contribution is 5.42. The zero-order valence-corrected chi connectivity index (χ0v) is 12.3. The monoisotopic (exact) mass is 274 g/mol. The molecule has 2 rings (SSSR count). The van der Waals surface area contributed by atoms with E-state index in [4.69, 9.17) is 14.7 Å². The fourth-order valence-electron chi connectivity index (χ4n) is 2.54. The van der Waals surface area contributed by atoms with Crippen molar-refractivity contribution in [3.63, 3.8) is 0 Å². The van der Waals surface area contributed by atoms with Crippen molar-refractivity contribution < 1.29 is 9.47 Å². The highest BCUT2D eigenvalue weighted by Crippen LogP contribution is 2.27. The molecule has 0 N–H and O–H groups in total. The minimum absolute atomic E-state index is 0.178. The molecule has 0 aromatic heterocycles. The predicted octanol–water partition coefficient (Wildman–Crippen LogP) is 2.62. The van der Waals surface area contributed by atoms with E-state index in [9.17, 15) is 0 Å². The van der Waals surface area contributed by atoms with Crippen LogP contribution >= 0.6 is 0 Å². The Morgan fingerprint density at radius 3 is 3.00 bits per heavy atom. The first kappa shape index (κ1) is 14.7. The molecule has 1 aliphatic rings. The summed E-state index contributed by atoms with van der Waals surface area (Å²) in [4.78, 5) is 2.30. The van der Waals surface area contributed by atoms with Crippen LogP contribution in [0.15, 0.2) is 18.2 Å². The van der Waals surface area contributed by atoms with Crippen LogP contribution in [0.2, 0.25) is 0 Å². The maximum atomic E-state index is 8.98. The largest absolute Gasteiger partial charge is 0.493 e. The molecule has 0 saturated carbocycles. The second-order valence-corrected chi connectivity index (χ2v) is 5.27. The van der Waals surface area contributed by atoms with Gasteiger partial charge in [-0.15, -0.1) is 0 Å². The number of piperidine rings is 1. The smallest absolute Gasteiger partial charge is 0.161 e. The summed E-state index contributed by atoms with van der Waals surface area (Å²) in [5.74, 6) is 1.74. The van der Waals surface area contributed by atoms with Gasteiger partial charge in [0, 0.05) is 13.1 Å². The predicted molar refractivity (Wildman–Crippen MR) is 78.0 cm³/mol. The van der Waals surface area contributed by atoms with Gasteiger partial charge in [-0.2, -0.15) is 5.26 Å². The lowest BCUT2D eigenvalue weighted by Crippen LogP contribution is -2.37. The van der Waals surface area contributed by atoms with Crippen LogP contribution in [0.4, 0.5) is 0 Å². The van der Waals surface area contributed by atoms with Crippen LogP contribution in [0.3, 0.4) is 0 Å². The summed E-state index contributed by atoms with van der Waals surface area (Å²) in [6, 6.07) is 8.30. The van der Waals surface area contributed by atoms with E-state index in [2.05, 4.69) is 11.0 Å². The van der Waals surface area contributed by atoms with Gasteiger partial charge in [0.15, 0.2) is 11.5 Å². The van der Waals surface area contributed by atoms with Crippen LogP contribution in [0.1, 0.15) is 18.4 Å². The third kappa shape index (κ3) is 3.88. The molecule has 1 aliphatic heterocycles. The van der Waals surface area contributed by atoms with Crippen LogP contribution in [0.5, 0.6) is 11.5 Å². The fourth-order valence-corrected chi connectivity index (χ4v) is 2.54. The van der Waals surface area contributed by atoms with E-state index in [1.807, 2.05) is 25.1 Å².